The Morgan fingerprint density at radius 3 is 2.50 bits per heavy atom. The molecule has 3 heteroatoms. The van der Waals surface area contributed by atoms with E-state index in [1.807, 2.05) is 0 Å². The number of benzene rings is 1. The summed E-state index contributed by atoms with van der Waals surface area (Å²) in [5, 5.41) is 3.42. The van der Waals surface area contributed by atoms with Gasteiger partial charge in [-0.15, -0.1) is 12.4 Å². The highest BCUT2D eigenvalue weighted by molar-refractivity contribution is 5.85. The maximum atomic E-state index is 13.4. The molecule has 1 nitrogen and oxygen atoms in total. The van der Waals surface area contributed by atoms with E-state index in [0.29, 0.717) is 12.8 Å². The van der Waals surface area contributed by atoms with Gasteiger partial charge in [-0.2, -0.15) is 0 Å². The number of rotatable bonds is 1. The van der Waals surface area contributed by atoms with Crippen molar-refractivity contribution in [2.45, 2.75) is 38.4 Å². The van der Waals surface area contributed by atoms with Crippen LogP contribution in [0.5, 0.6) is 0 Å². The van der Waals surface area contributed by atoms with Gasteiger partial charge in [-0.05, 0) is 32.4 Å². The number of nitrogens with one attached hydrogen (secondary N) is 1. The molecule has 0 bridgehead atoms. The topological polar surface area (TPSA) is 12.0 Å². The molecule has 0 aliphatic carbocycles. The van der Waals surface area contributed by atoms with Crippen LogP contribution in [0.4, 0.5) is 4.39 Å². The maximum Gasteiger partial charge on any atom is 0.103 e. The predicted octanol–water partition coefficient (Wildman–Crippen LogP) is 3.35. The van der Waals surface area contributed by atoms with Crippen LogP contribution >= 0.6 is 12.4 Å². The monoisotopic (exact) mass is 243 g/mol. The zero-order chi connectivity index (χ0) is 10.9. The van der Waals surface area contributed by atoms with Crippen molar-refractivity contribution in [3.63, 3.8) is 0 Å². The number of aryl methyl sites for hydroxylation is 1. The van der Waals surface area contributed by atoms with Crippen LogP contribution < -0.4 is 5.32 Å². The molecule has 2 rings (SSSR count). The van der Waals surface area contributed by atoms with Crippen LogP contribution in [-0.4, -0.2) is 12.7 Å². The van der Waals surface area contributed by atoms with Gasteiger partial charge in [0.1, 0.15) is 6.17 Å². The Morgan fingerprint density at radius 1 is 1.31 bits per heavy atom. The largest absolute Gasteiger partial charge is 0.307 e. The number of piperidine rings is 1. The van der Waals surface area contributed by atoms with Crippen LogP contribution in [0.3, 0.4) is 0 Å². The summed E-state index contributed by atoms with van der Waals surface area (Å²) < 4.78 is 13.4. The van der Waals surface area contributed by atoms with E-state index in [4.69, 9.17) is 0 Å². The van der Waals surface area contributed by atoms with E-state index < -0.39 is 6.17 Å². The Labute approximate surface area is 103 Å². The van der Waals surface area contributed by atoms with E-state index in [-0.39, 0.29) is 17.9 Å². The van der Waals surface area contributed by atoms with Crippen molar-refractivity contribution in [2.24, 2.45) is 0 Å². The highest BCUT2D eigenvalue weighted by Gasteiger charge is 2.33. The van der Waals surface area contributed by atoms with Gasteiger partial charge in [-0.25, -0.2) is 4.39 Å². The molecule has 90 valence electrons. The molecule has 0 radical (unpaired) electrons. The molecule has 1 heterocycles. The molecule has 1 aromatic rings. The molecule has 1 N–H and O–H groups in total. The van der Waals surface area contributed by atoms with E-state index >= 15 is 0 Å². The van der Waals surface area contributed by atoms with Gasteiger partial charge in [0.2, 0.25) is 0 Å². The minimum absolute atomic E-state index is 0. The molecule has 0 amide bonds. The van der Waals surface area contributed by atoms with E-state index in [2.05, 4.69) is 43.4 Å². The summed E-state index contributed by atoms with van der Waals surface area (Å²) in [6, 6.07) is 8.37. The average Bonchev–Trinajstić information content (AvgIpc) is 2.18. The molecule has 0 spiro atoms. The molecule has 2 unspecified atom stereocenters. The van der Waals surface area contributed by atoms with Gasteiger partial charge in [-0.1, -0.05) is 29.8 Å². The minimum atomic E-state index is -0.669. The van der Waals surface area contributed by atoms with Gasteiger partial charge >= 0.3 is 0 Å². The number of hydrogen-bond donors (Lipinski definition) is 1. The first-order valence-electron chi connectivity index (χ1n) is 5.56. The summed E-state index contributed by atoms with van der Waals surface area (Å²) in [6.07, 6.45) is 0.551. The highest BCUT2D eigenvalue weighted by atomic mass is 35.5. The molecule has 0 aromatic heterocycles. The van der Waals surface area contributed by atoms with Crippen LogP contribution in [0.2, 0.25) is 0 Å². The first-order chi connectivity index (χ1) is 7.10. The quantitative estimate of drug-likeness (QED) is 0.798. The summed E-state index contributed by atoms with van der Waals surface area (Å²) in [5.41, 5.74) is 2.25. The number of hydrogen-bond acceptors (Lipinski definition) is 1. The minimum Gasteiger partial charge on any atom is -0.307 e. The van der Waals surface area contributed by atoms with Gasteiger partial charge in [0, 0.05) is 12.0 Å². The SMILES string of the molecule is Cc1ccc(C2(C)CC(F)CCN2)cc1.Cl. The lowest BCUT2D eigenvalue weighted by Gasteiger charge is -2.37. The Balaban J connectivity index is 0.00000128. The second-order valence-electron chi connectivity index (χ2n) is 4.71. The first kappa shape index (κ1) is 13.5. The van der Waals surface area contributed by atoms with Gasteiger partial charge in [-0.3, -0.25) is 0 Å². The van der Waals surface area contributed by atoms with E-state index in [1.54, 1.807) is 0 Å². The Morgan fingerprint density at radius 2 is 1.94 bits per heavy atom. The lowest BCUT2D eigenvalue weighted by molar-refractivity contribution is 0.165. The Hall–Kier alpha value is -0.600. The number of halogens is 2. The van der Waals surface area contributed by atoms with E-state index in [1.165, 1.54) is 11.1 Å². The predicted molar refractivity (Wildman–Crippen MR) is 67.9 cm³/mol. The summed E-state index contributed by atoms with van der Waals surface area (Å²) in [7, 11) is 0. The van der Waals surface area contributed by atoms with Crippen LogP contribution in [0.25, 0.3) is 0 Å². The van der Waals surface area contributed by atoms with Crippen LogP contribution in [0.15, 0.2) is 24.3 Å². The van der Waals surface area contributed by atoms with E-state index in [9.17, 15) is 4.39 Å². The molecule has 1 saturated heterocycles. The van der Waals surface area contributed by atoms with Crippen molar-refractivity contribution in [1.29, 1.82) is 0 Å². The van der Waals surface area contributed by atoms with Crippen molar-refractivity contribution in [2.75, 3.05) is 6.54 Å². The average molecular weight is 244 g/mol. The standard InChI is InChI=1S/C13H18FN.ClH/c1-10-3-5-11(6-4-10)13(2)9-12(14)7-8-15-13;/h3-6,12,15H,7-9H2,1-2H3;1H. The zero-order valence-electron chi connectivity index (χ0n) is 9.79. The normalized spacial score (nSPS) is 29.6. The van der Waals surface area contributed by atoms with Gasteiger partial charge < -0.3 is 5.32 Å². The van der Waals surface area contributed by atoms with Crippen molar-refractivity contribution in [1.82, 2.24) is 5.32 Å². The molecule has 16 heavy (non-hydrogen) atoms. The second kappa shape index (κ2) is 5.15. The zero-order valence-corrected chi connectivity index (χ0v) is 10.6. The molecular formula is C13H19ClFN. The Bertz CT molecular complexity index is 338. The van der Waals surface area contributed by atoms with Gasteiger partial charge in [0.25, 0.3) is 0 Å². The fourth-order valence-corrected chi connectivity index (χ4v) is 2.26. The van der Waals surface area contributed by atoms with E-state index in [0.717, 1.165) is 6.54 Å². The van der Waals surface area contributed by atoms with Crippen LogP contribution in [-0.2, 0) is 5.54 Å². The molecular weight excluding hydrogens is 225 g/mol. The van der Waals surface area contributed by atoms with Gasteiger partial charge in [0.15, 0.2) is 0 Å². The van der Waals surface area contributed by atoms with Crippen LogP contribution in [0.1, 0.15) is 30.9 Å². The molecule has 2 atom stereocenters. The molecule has 0 saturated carbocycles. The maximum absolute atomic E-state index is 13.4. The Kier molecular flexibility index (Phi) is 4.34. The second-order valence-corrected chi connectivity index (χ2v) is 4.71. The smallest absolute Gasteiger partial charge is 0.103 e. The third-order valence-electron chi connectivity index (χ3n) is 3.29. The van der Waals surface area contributed by atoms with Crippen molar-refractivity contribution >= 4 is 12.4 Å². The molecule has 1 aliphatic heterocycles. The third-order valence-corrected chi connectivity index (χ3v) is 3.29. The van der Waals surface area contributed by atoms with Crippen molar-refractivity contribution in [3.05, 3.63) is 35.4 Å². The highest BCUT2D eigenvalue weighted by Crippen LogP contribution is 2.31. The molecule has 1 fully saturated rings. The summed E-state index contributed by atoms with van der Waals surface area (Å²) >= 11 is 0. The summed E-state index contributed by atoms with van der Waals surface area (Å²) in [6.45, 7) is 4.92. The first-order valence-corrected chi connectivity index (χ1v) is 5.56. The number of alkyl halides is 1. The van der Waals surface area contributed by atoms with Gasteiger partial charge in [0.05, 0.1) is 0 Å². The lowest BCUT2D eigenvalue weighted by Crippen LogP contribution is -2.46. The summed E-state index contributed by atoms with van der Waals surface area (Å²) in [5.74, 6) is 0. The third kappa shape index (κ3) is 2.74. The summed E-state index contributed by atoms with van der Waals surface area (Å²) in [4.78, 5) is 0. The fraction of sp³-hybridized carbons (Fsp3) is 0.538. The lowest BCUT2D eigenvalue weighted by atomic mass is 9.83. The fourth-order valence-electron chi connectivity index (χ4n) is 2.26. The molecule has 1 aromatic carbocycles. The molecule has 1 aliphatic rings. The van der Waals surface area contributed by atoms with Crippen molar-refractivity contribution in [3.8, 4) is 0 Å². The van der Waals surface area contributed by atoms with Crippen molar-refractivity contribution < 1.29 is 4.39 Å². The van der Waals surface area contributed by atoms with Crippen LogP contribution in [0, 0.1) is 6.92 Å².